The van der Waals surface area contributed by atoms with Crippen LogP contribution in [0.25, 0.3) is 0 Å². The Hall–Kier alpha value is -3.12. The molecule has 3 aromatic carbocycles. The normalized spacial score (nSPS) is 11.3. The highest BCUT2D eigenvalue weighted by molar-refractivity contribution is 7.93. The van der Waals surface area contributed by atoms with Crippen LogP contribution < -0.4 is 10.0 Å². The van der Waals surface area contributed by atoms with Crippen molar-refractivity contribution in [3.05, 3.63) is 95.6 Å². The number of anilines is 2. The Kier molecular flexibility index (Phi) is 6.34. The van der Waals surface area contributed by atoms with E-state index < -0.39 is 15.3 Å². The Labute approximate surface area is 171 Å². The summed E-state index contributed by atoms with van der Waals surface area (Å²) in [6, 6.07) is 23.8. The average Bonchev–Trinajstić information content (AvgIpc) is 2.73. The molecular formula is C23H24N2O3S. The zero-order valence-corrected chi connectivity index (χ0v) is 17.2. The van der Waals surface area contributed by atoms with Crippen LogP contribution in [0.3, 0.4) is 0 Å². The first-order chi connectivity index (χ1) is 13.8. The zero-order chi connectivity index (χ0) is 20.9. The molecule has 0 radical (unpaired) electrons. The topological polar surface area (TPSA) is 75.3 Å². The summed E-state index contributed by atoms with van der Waals surface area (Å²) in [5.74, 6) is -0.00316. The third-order valence-corrected chi connectivity index (χ3v) is 6.28. The minimum atomic E-state index is -3.34. The summed E-state index contributed by atoms with van der Waals surface area (Å²) in [4.78, 5) is 12.4. The van der Waals surface area contributed by atoms with Crippen molar-refractivity contribution in [1.82, 2.24) is 0 Å². The van der Waals surface area contributed by atoms with E-state index in [9.17, 15) is 13.2 Å². The molecule has 0 bridgehead atoms. The van der Waals surface area contributed by atoms with E-state index in [1.54, 1.807) is 38.1 Å². The lowest BCUT2D eigenvalue weighted by molar-refractivity contribution is 0.103. The van der Waals surface area contributed by atoms with Crippen LogP contribution in [0.1, 0.15) is 35.3 Å². The molecule has 0 heterocycles. The second kappa shape index (κ2) is 8.92. The highest BCUT2D eigenvalue weighted by Gasteiger charge is 2.15. The molecule has 0 aliphatic carbocycles. The van der Waals surface area contributed by atoms with Gasteiger partial charge >= 0.3 is 0 Å². The summed E-state index contributed by atoms with van der Waals surface area (Å²) in [7, 11) is -3.34. The summed E-state index contributed by atoms with van der Waals surface area (Å²) in [6.07, 6.45) is 0. The smallest absolute Gasteiger partial charge is 0.235 e. The molecule has 0 fully saturated rings. The number of hydrogen-bond acceptors (Lipinski definition) is 4. The molecule has 2 N–H and O–H groups in total. The van der Waals surface area contributed by atoms with Crippen LogP contribution in [0.5, 0.6) is 0 Å². The van der Waals surface area contributed by atoms with Gasteiger partial charge in [-0.05, 0) is 55.8 Å². The highest BCUT2D eigenvalue weighted by Crippen LogP contribution is 2.17. The number of benzene rings is 3. The predicted molar refractivity (Wildman–Crippen MR) is 118 cm³/mol. The number of ketones is 1. The van der Waals surface area contributed by atoms with Crippen molar-refractivity contribution in [2.24, 2.45) is 0 Å². The van der Waals surface area contributed by atoms with E-state index in [0.29, 0.717) is 23.4 Å². The number of hydrogen-bond donors (Lipinski definition) is 2. The van der Waals surface area contributed by atoms with E-state index in [4.69, 9.17) is 0 Å². The van der Waals surface area contributed by atoms with Crippen LogP contribution >= 0.6 is 0 Å². The van der Waals surface area contributed by atoms with Gasteiger partial charge in [-0.2, -0.15) is 0 Å². The van der Waals surface area contributed by atoms with E-state index in [2.05, 4.69) is 10.0 Å². The molecule has 0 amide bonds. The third kappa shape index (κ3) is 5.45. The summed E-state index contributed by atoms with van der Waals surface area (Å²) in [5, 5.41) is 2.82. The fraction of sp³-hybridized carbons (Fsp3) is 0.174. The van der Waals surface area contributed by atoms with Gasteiger partial charge in [-0.1, -0.05) is 42.5 Å². The van der Waals surface area contributed by atoms with E-state index in [1.165, 1.54) is 0 Å². The number of nitrogens with one attached hydrogen (secondary N) is 2. The van der Waals surface area contributed by atoms with Crippen molar-refractivity contribution in [3.63, 3.8) is 0 Å². The quantitative estimate of drug-likeness (QED) is 0.531. The highest BCUT2D eigenvalue weighted by atomic mass is 32.2. The molecule has 3 aromatic rings. The van der Waals surface area contributed by atoms with E-state index in [1.807, 2.05) is 54.6 Å². The molecule has 0 aliphatic heterocycles. The van der Waals surface area contributed by atoms with Crippen molar-refractivity contribution in [3.8, 4) is 0 Å². The monoisotopic (exact) mass is 408 g/mol. The van der Waals surface area contributed by atoms with Crippen LogP contribution in [-0.2, 0) is 16.6 Å². The van der Waals surface area contributed by atoms with Gasteiger partial charge in [0.25, 0.3) is 0 Å². The van der Waals surface area contributed by atoms with Gasteiger partial charge < -0.3 is 5.32 Å². The maximum atomic E-state index is 12.4. The van der Waals surface area contributed by atoms with Gasteiger partial charge in [0.05, 0.1) is 5.25 Å². The average molecular weight is 409 g/mol. The second-order valence-corrected chi connectivity index (χ2v) is 9.26. The minimum absolute atomic E-state index is 0.00316. The molecule has 0 saturated carbocycles. The van der Waals surface area contributed by atoms with Gasteiger partial charge in [-0.15, -0.1) is 0 Å². The molecule has 0 aromatic heterocycles. The fourth-order valence-electron chi connectivity index (χ4n) is 2.67. The van der Waals surface area contributed by atoms with Gasteiger partial charge in [-0.25, -0.2) is 8.42 Å². The van der Waals surface area contributed by atoms with Gasteiger partial charge in [-0.3, -0.25) is 9.52 Å². The SMILES string of the molecule is CC(C)S(=O)(=O)Nc1ccc(CNc2ccc(C(=O)c3ccccc3)cc2)cc1. The van der Waals surface area contributed by atoms with Crippen LogP contribution in [-0.4, -0.2) is 19.5 Å². The third-order valence-electron chi connectivity index (χ3n) is 4.51. The molecule has 29 heavy (non-hydrogen) atoms. The Morgan fingerprint density at radius 3 is 1.93 bits per heavy atom. The lowest BCUT2D eigenvalue weighted by Crippen LogP contribution is -2.22. The van der Waals surface area contributed by atoms with Crippen LogP contribution in [0, 0.1) is 0 Å². The maximum absolute atomic E-state index is 12.4. The summed E-state index contributed by atoms with van der Waals surface area (Å²) < 4.78 is 26.4. The van der Waals surface area contributed by atoms with Gasteiger partial charge in [0.15, 0.2) is 5.78 Å². The maximum Gasteiger partial charge on any atom is 0.235 e. The number of rotatable bonds is 8. The lowest BCUT2D eigenvalue weighted by Gasteiger charge is -2.12. The Morgan fingerprint density at radius 1 is 0.793 bits per heavy atom. The molecule has 0 atom stereocenters. The lowest BCUT2D eigenvalue weighted by atomic mass is 10.0. The first-order valence-electron chi connectivity index (χ1n) is 9.39. The standard InChI is InChI=1S/C23H24N2O3S/c1-17(2)29(27,28)25-22-12-8-18(9-13-22)16-24-21-14-10-20(11-15-21)23(26)19-6-4-3-5-7-19/h3-15,17,24-25H,16H2,1-2H3. The van der Waals surface area contributed by atoms with Gasteiger partial charge in [0.1, 0.15) is 0 Å². The molecule has 150 valence electrons. The van der Waals surface area contributed by atoms with Gasteiger partial charge in [0, 0.05) is 29.0 Å². The minimum Gasteiger partial charge on any atom is -0.381 e. The summed E-state index contributed by atoms with van der Waals surface area (Å²) in [5.41, 5.74) is 3.78. The number of carbonyl (C=O) groups excluding carboxylic acids is 1. The van der Waals surface area contributed by atoms with Gasteiger partial charge in [0.2, 0.25) is 10.0 Å². The largest absolute Gasteiger partial charge is 0.381 e. The van der Waals surface area contributed by atoms with Crippen LogP contribution in [0.2, 0.25) is 0 Å². The second-order valence-electron chi connectivity index (χ2n) is 7.02. The van der Waals surface area contributed by atoms with Crippen molar-refractivity contribution < 1.29 is 13.2 Å². The fourth-order valence-corrected chi connectivity index (χ4v) is 3.37. The van der Waals surface area contributed by atoms with Crippen LogP contribution in [0.15, 0.2) is 78.9 Å². The number of sulfonamides is 1. The van der Waals surface area contributed by atoms with Crippen molar-refractivity contribution in [2.75, 3.05) is 10.0 Å². The Balaban J connectivity index is 1.58. The molecule has 5 nitrogen and oxygen atoms in total. The van der Waals surface area contributed by atoms with E-state index >= 15 is 0 Å². The summed E-state index contributed by atoms with van der Waals surface area (Å²) in [6.45, 7) is 3.86. The number of carbonyl (C=O) groups is 1. The molecule has 0 spiro atoms. The zero-order valence-electron chi connectivity index (χ0n) is 16.4. The summed E-state index contributed by atoms with van der Waals surface area (Å²) >= 11 is 0. The molecule has 0 saturated heterocycles. The van der Waals surface area contributed by atoms with E-state index in [0.717, 1.165) is 11.3 Å². The van der Waals surface area contributed by atoms with Crippen molar-refractivity contribution >= 4 is 27.2 Å². The first kappa shape index (κ1) is 20.6. The Morgan fingerprint density at radius 2 is 1.34 bits per heavy atom. The molecule has 6 heteroatoms. The molecular weight excluding hydrogens is 384 g/mol. The predicted octanol–water partition coefficient (Wildman–Crippen LogP) is 4.68. The molecule has 0 aliphatic rings. The molecule has 3 rings (SSSR count). The van der Waals surface area contributed by atoms with Crippen molar-refractivity contribution in [2.45, 2.75) is 25.6 Å². The van der Waals surface area contributed by atoms with Crippen LogP contribution in [0.4, 0.5) is 11.4 Å². The first-order valence-corrected chi connectivity index (χ1v) is 10.9. The van der Waals surface area contributed by atoms with E-state index in [-0.39, 0.29) is 5.78 Å². The Bertz CT molecular complexity index is 1060. The van der Waals surface area contributed by atoms with Crippen molar-refractivity contribution in [1.29, 1.82) is 0 Å². The molecule has 0 unspecified atom stereocenters.